The molecule has 0 unspecified atom stereocenters. The normalized spacial score (nSPS) is 17.9. The standard InChI is InChI=1S/C16H32N2O/c1-14(12-17-16(2,3)4)13-18(10-11-19)15-8-6-5-7-9-15/h15,17,19H,1,5-13H2,2-4H3. The number of nitrogens with one attached hydrogen (secondary N) is 1. The van der Waals surface area contributed by atoms with Crippen molar-refractivity contribution in [1.82, 2.24) is 10.2 Å². The van der Waals surface area contributed by atoms with E-state index in [1.165, 1.54) is 37.7 Å². The summed E-state index contributed by atoms with van der Waals surface area (Å²) in [5, 5.41) is 12.7. The van der Waals surface area contributed by atoms with Gasteiger partial charge in [0, 0.05) is 31.2 Å². The molecule has 1 aliphatic carbocycles. The highest BCUT2D eigenvalue weighted by Gasteiger charge is 2.21. The summed E-state index contributed by atoms with van der Waals surface area (Å²) in [6.45, 7) is 13.5. The second-order valence-corrected chi connectivity index (χ2v) is 6.84. The molecule has 0 heterocycles. The third-order valence-corrected chi connectivity index (χ3v) is 3.77. The molecule has 112 valence electrons. The van der Waals surface area contributed by atoms with Crippen LogP contribution in [0.5, 0.6) is 0 Å². The summed E-state index contributed by atoms with van der Waals surface area (Å²) in [5.74, 6) is 0. The Morgan fingerprint density at radius 2 is 1.89 bits per heavy atom. The molecule has 0 aromatic heterocycles. The highest BCUT2D eigenvalue weighted by atomic mass is 16.3. The van der Waals surface area contributed by atoms with Gasteiger partial charge in [-0.25, -0.2) is 0 Å². The molecule has 0 amide bonds. The van der Waals surface area contributed by atoms with E-state index in [2.05, 4.69) is 37.6 Å². The van der Waals surface area contributed by atoms with Gasteiger partial charge in [-0.2, -0.15) is 0 Å². The van der Waals surface area contributed by atoms with Gasteiger partial charge >= 0.3 is 0 Å². The molecule has 3 nitrogen and oxygen atoms in total. The molecule has 1 aliphatic rings. The Morgan fingerprint density at radius 1 is 1.26 bits per heavy atom. The lowest BCUT2D eigenvalue weighted by molar-refractivity contribution is 0.133. The predicted octanol–water partition coefficient (Wildman–Crippen LogP) is 2.56. The van der Waals surface area contributed by atoms with Crippen LogP contribution in [0.15, 0.2) is 12.2 Å². The summed E-state index contributed by atoms with van der Waals surface area (Å²) < 4.78 is 0. The third-order valence-electron chi connectivity index (χ3n) is 3.77. The van der Waals surface area contributed by atoms with Gasteiger partial charge in [-0.1, -0.05) is 25.8 Å². The second-order valence-electron chi connectivity index (χ2n) is 6.84. The summed E-state index contributed by atoms with van der Waals surface area (Å²) in [6, 6.07) is 0.646. The maximum atomic E-state index is 9.25. The number of hydrogen-bond acceptors (Lipinski definition) is 3. The van der Waals surface area contributed by atoms with Crippen molar-refractivity contribution in [3.8, 4) is 0 Å². The van der Waals surface area contributed by atoms with Crippen LogP contribution < -0.4 is 5.32 Å². The Kier molecular flexibility index (Phi) is 7.05. The molecule has 2 N–H and O–H groups in total. The summed E-state index contributed by atoms with van der Waals surface area (Å²) >= 11 is 0. The zero-order valence-corrected chi connectivity index (χ0v) is 13.0. The minimum Gasteiger partial charge on any atom is -0.395 e. The number of aliphatic hydroxyl groups is 1. The molecule has 0 radical (unpaired) electrons. The van der Waals surface area contributed by atoms with Crippen molar-refractivity contribution in [3.63, 3.8) is 0 Å². The first-order valence-corrected chi connectivity index (χ1v) is 7.69. The number of hydrogen-bond donors (Lipinski definition) is 2. The highest BCUT2D eigenvalue weighted by molar-refractivity contribution is 5.02. The van der Waals surface area contributed by atoms with Crippen molar-refractivity contribution in [2.45, 2.75) is 64.5 Å². The first-order valence-electron chi connectivity index (χ1n) is 7.69. The van der Waals surface area contributed by atoms with Crippen LogP contribution in [-0.4, -0.2) is 47.8 Å². The van der Waals surface area contributed by atoms with Crippen LogP contribution in [0.25, 0.3) is 0 Å². The van der Waals surface area contributed by atoms with E-state index < -0.39 is 0 Å². The van der Waals surface area contributed by atoms with Gasteiger partial charge in [0.1, 0.15) is 0 Å². The Bertz CT molecular complexity index is 264. The van der Waals surface area contributed by atoms with Gasteiger partial charge < -0.3 is 10.4 Å². The molecule has 0 aliphatic heterocycles. The number of rotatable bonds is 7. The van der Waals surface area contributed by atoms with Gasteiger partial charge in [-0.05, 0) is 39.2 Å². The summed E-state index contributed by atoms with van der Waals surface area (Å²) in [4.78, 5) is 2.42. The highest BCUT2D eigenvalue weighted by Crippen LogP contribution is 2.22. The van der Waals surface area contributed by atoms with E-state index in [1.807, 2.05) is 0 Å². The van der Waals surface area contributed by atoms with E-state index >= 15 is 0 Å². The fourth-order valence-corrected chi connectivity index (χ4v) is 2.70. The summed E-state index contributed by atoms with van der Waals surface area (Å²) in [5.41, 5.74) is 1.35. The van der Waals surface area contributed by atoms with Crippen LogP contribution in [0.4, 0.5) is 0 Å². The Hall–Kier alpha value is -0.380. The molecule has 1 fully saturated rings. The van der Waals surface area contributed by atoms with E-state index in [4.69, 9.17) is 0 Å². The average molecular weight is 268 g/mol. The monoisotopic (exact) mass is 268 g/mol. The molecule has 19 heavy (non-hydrogen) atoms. The van der Waals surface area contributed by atoms with Crippen LogP contribution in [-0.2, 0) is 0 Å². The van der Waals surface area contributed by atoms with Crippen molar-refractivity contribution < 1.29 is 5.11 Å². The first-order chi connectivity index (χ1) is 8.92. The second kappa shape index (κ2) is 8.03. The largest absolute Gasteiger partial charge is 0.395 e. The fourth-order valence-electron chi connectivity index (χ4n) is 2.70. The molecular formula is C16H32N2O. The molecule has 0 spiro atoms. The van der Waals surface area contributed by atoms with Crippen LogP contribution in [0.1, 0.15) is 52.9 Å². The summed E-state index contributed by atoms with van der Waals surface area (Å²) in [6.07, 6.45) is 6.59. The van der Waals surface area contributed by atoms with E-state index in [0.29, 0.717) is 6.04 Å². The molecule has 0 atom stereocenters. The van der Waals surface area contributed by atoms with Gasteiger partial charge in [-0.15, -0.1) is 0 Å². The lowest BCUT2D eigenvalue weighted by Gasteiger charge is -2.35. The maximum Gasteiger partial charge on any atom is 0.0558 e. The van der Waals surface area contributed by atoms with Crippen LogP contribution in [0.3, 0.4) is 0 Å². The smallest absolute Gasteiger partial charge is 0.0558 e. The molecule has 0 bridgehead atoms. The maximum absolute atomic E-state index is 9.25. The van der Waals surface area contributed by atoms with E-state index in [0.717, 1.165) is 19.6 Å². The zero-order chi connectivity index (χ0) is 14.3. The van der Waals surface area contributed by atoms with Crippen LogP contribution >= 0.6 is 0 Å². The van der Waals surface area contributed by atoms with E-state index in [-0.39, 0.29) is 12.1 Å². The minimum atomic E-state index is 0.135. The van der Waals surface area contributed by atoms with Gasteiger partial charge in [0.2, 0.25) is 0 Å². The lowest BCUT2D eigenvalue weighted by Crippen LogP contribution is -2.42. The minimum absolute atomic E-state index is 0.135. The van der Waals surface area contributed by atoms with Crippen molar-refractivity contribution in [2.75, 3.05) is 26.2 Å². The van der Waals surface area contributed by atoms with Gasteiger partial charge in [0.05, 0.1) is 6.61 Å². The topological polar surface area (TPSA) is 35.5 Å². The van der Waals surface area contributed by atoms with Crippen LogP contribution in [0.2, 0.25) is 0 Å². The van der Waals surface area contributed by atoms with Gasteiger partial charge in [-0.3, -0.25) is 4.90 Å². The molecule has 0 saturated heterocycles. The fraction of sp³-hybridized carbons (Fsp3) is 0.875. The molecule has 1 rings (SSSR count). The first kappa shape index (κ1) is 16.7. The Morgan fingerprint density at radius 3 is 2.42 bits per heavy atom. The Balaban J connectivity index is 2.41. The molecule has 0 aromatic rings. The number of nitrogens with zero attached hydrogens (tertiary/aromatic N) is 1. The SMILES string of the molecule is C=C(CNC(C)(C)C)CN(CCO)C1CCCCC1. The van der Waals surface area contributed by atoms with E-state index in [1.54, 1.807) is 0 Å². The molecule has 3 heteroatoms. The van der Waals surface area contributed by atoms with E-state index in [9.17, 15) is 5.11 Å². The third kappa shape index (κ3) is 7.09. The quantitative estimate of drug-likeness (QED) is 0.697. The van der Waals surface area contributed by atoms with Gasteiger partial charge in [0.25, 0.3) is 0 Å². The van der Waals surface area contributed by atoms with Crippen molar-refractivity contribution in [3.05, 3.63) is 12.2 Å². The average Bonchev–Trinajstić information content (AvgIpc) is 2.36. The zero-order valence-electron chi connectivity index (χ0n) is 13.0. The molecule has 0 aromatic carbocycles. The van der Waals surface area contributed by atoms with Crippen molar-refractivity contribution in [2.24, 2.45) is 0 Å². The molecule has 1 saturated carbocycles. The van der Waals surface area contributed by atoms with Crippen molar-refractivity contribution >= 4 is 0 Å². The lowest BCUT2D eigenvalue weighted by atomic mass is 9.94. The predicted molar refractivity (Wildman–Crippen MR) is 82.4 cm³/mol. The van der Waals surface area contributed by atoms with Gasteiger partial charge in [0.15, 0.2) is 0 Å². The summed E-state index contributed by atoms with van der Waals surface area (Å²) in [7, 11) is 0. The number of aliphatic hydroxyl groups excluding tert-OH is 1. The Labute approximate surface area is 119 Å². The van der Waals surface area contributed by atoms with Crippen LogP contribution in [0, 0.1) is 0 Å². The molecular weight excluding hydrogens is 236 g/mol. The van der Waals surface area contributed by atoms with Crippen molar-refractivity contribution in [1.29, 1.82) is 0 Å².